The van der Waals surface area contributed by atoms with E-state index in [0.717, 1.165) is 44.9 Å². The van der Waals surface area contributed by atoms with Gasteiger partial charge in [-0.2, -0.15) is 0 Å². The summed E-state index contributed by atoms with van der Waals surface area (Å²) in [6.45, 7) is 0. The van der Waals surface area contributed by atoms with Crippen molar-refractivity contribution in [2.75, 3.05) is 0 Å². The summed E-state index contributed by atoms with van der Waals surface area (Å²) in [4.78, 5) is 15.7. The van der Waals surface area contributed by atoms with E-state index in [1.54, 1.807) is 0 Å². The van der Waals surface area contributed by atoms with Gasteiger partial charge in [0.15, 0.2) is 5.82 Å². The highest BCUT2D eigenvalue weighted by Gasteiger charge is 2.18. The van der Waals surface area contributed by atoms with Crippen LogP contribution in [-0.2, 0) is 0 Å². The van der Waals surface area contributed by atoms with Crippen LogP contribution in [0.5, 0.6) is 0 Å². The molecule has 58 heavy (non-hydrogen) atoms. The number of pyridine rings is 1. The third-order valence-electron chi connectivity index (χ3n) is 11.3. The molecule has 0 saturated carbocycles. The lowest BCUT2D eigenvalue weighted by Crippen LogP contribution is -1.96. The molecule has 0 bridgehead atoms. The number of benzene rings is 8. The summed E-state index contributed by atoms with van der Waals surface area (Å²) in [5.41, 5.74) is 10.3. The molecule has 0 atom stereocenters. The number of thiophene rings is 2. The van der Waals surface area contributed by atoms with Crippen LogP contribution in [0.1, 0.15) is 0 Å². The summed E-state index contributed by atoms with van der Waals surface area (Å²) in [7, 11) is 0. The van der Waals surface area contributed by atoms with Crippen molar-refractivity contribution < 1.29 is 0 Å². The minimum absolute atomic E-state index is 0.701. The predicted molar refractivity (Wildman–Crippen MR) is 248 cm³/mol. The lowest BCUT2D eigenvalue weighted by atomic mass is 9.99. The molecule has 0 aliphatic carbocycles. The largest absolute Gasteiger partial charge is 0.246 e. The van der Waals surface area contributed by atoms with Gasteiger partial charge >= 0.3 is 0 Å². The van der Waals surface area contributed by atoms with Gasteiger partial charge in [0, 0.05) is 63.3 Å². The van der Waals surface area contributed by atoms with Crippen molar-refractivity contribution in [2.24, 2.45) is 0 Å². The standard InChI is InChI=1S/C53H31N3S2/c1-2-11-36(12-3-1)53-55-44(33-23-21-32(22-24-33)39-17-10-18-41-40-15-6-8-19-47(40)57-51(39)41)31-45(56-53)34-25-27-35(28-26-34)50-52-49(42-16-7-9-20-48(42)58-52)43-29-37-13-4-5-14-38(37)30-46(43)54-50/h1-31H. The van der Waals surface area contributed by atoms with E-state index < -0.39 is 0 Å². The maximum Gasteiger partial charge on any atom is 0.160 e. The van der Waals surface area contributed by atoms with E-state index >= 15 is 0 Å². The molecule has 270 valence electrons. The summed E-state index contributed by atoms with van der Waals surface area (Å²) >= 11 is 3.68. The third kappa shape index (κ3) is 5.43. The fourth-order valence-electron chi connectivity index (χ4n) is 8.42. The van der Waals surface area contributed by atoms with Crippen LogP contribution >= 0.6 is 22.7 Å². The van der Waals surface area contributed by atoms with Gasteiger partial charge in [-0.25, -0.2) is 15.0 Å². The second-order valence-corrected chi connectivity index (χ2v) is 16.8. The molecule has 4 heterocycles. The Morgan fingerprint density at radius 3 is 1.66 bits per heavy atom. The number of fused-ring (bicyclic) bond motifs is 9. The van der Waals surface area contributed by atoms with E-state index in [0.29, 0.717) is 5.82 Å². The molecule has 0 aliphatic heterocycles. The zero-order chi connectivity index (χ0) is 38.2. The number of aromatic nitrogens is 3. The van der Waals surface area contributed by atoms with Gasteiger partial charge in [0.25, 0.3) is 0 Å². The van der Waals surface area contributed by atoms with Crippen LogP contribution in [0.25, 0.3) is 118 Å². The van der Waals surface area contributed by atoms with Crippen LogP contribution in [0.3, 0.4) is 0 Å². The lowest BCUT2D eigenvalue weighted by Gasteiger charge is -2.12. The van der Waals surface area contributed by atoms with Gasteiger partial charge in [0.2, 0.25) is 0 Å². The van der Waals surface area contributed by atoms with Crippen LogP contribution in [0.2, 0.25) is 0 Å². The number of hydrogen-bond acceptors (Lipinski definition) is 5. The SMILES string of the molecule is c1ccc(-c2nc(-c3ccc(-c4cccc5c4sc4ccccc45)cc3)cc(-c3ccc(-c4nc5cc6ccccc6cc5c5c4sc4ccccc45)cc3)n2)cc1. The fourth-order valence-corrected chi connectivity index (χ4v) is 10.9. The Hall–Kier alpha value is -7.05. The van der Waals surface area contributed by atoms with Gasteiger partial charge < -0.3 is 0 Å². The first-order valence-electron chi connectivity index (χ1n) is 19.4. The minimum atomic E-state index is 0.701. The van der Waals surface area contributed by atoms with Gasteiger partial charge in [-0.05, 0) is 52.2 Å². The summed E-state index contributed by atoms with van der Waals surface area (Å²) in [5.74, 6) is 0.701. The van der Waals surface area contributed by atoms with Gasteiger partial charge in [0.05, 0.1) is 27.3 Å². The van der Waals surface area contributed by atoms with Crippen molar-refractivity contribution in [2.45, 2.75) is 0 Å². The van der Waals surface area contributed by atoms with Crippen LogP contribution in [0.15, 0.2) is 188 Å². The topological polar surface area (TPSA) is 38.7 Å². The second-order valence-electron chi connectivity index (χ2n) is 14.7. The van der Waals surface area contributed by atoms with Crippen LogP contribution < -0.4 is 0 Å². The van der Waals surface area contributed by atoms with E-state index in [9.17, 15) is 0 Å². The number of rotatable bonds is 5. The molecular weight excluding hydrogens is 743 g/mol. The van der Waals surface area contributed by atoms with Crippen molar-refractivity contribution in [3.8, 4) is 56.3 Å². The highest BCUT2D eigenvalue weighted by Crippen LogP contribution is 2.44. The minimum Gasteiger partial charge on any atom is -0.246 e. The molecule has 12 aromatic rings. The first-order valence-corrected chi connectivity index (χ1v) is 21.1. The molecule has 0 unspecified atom stereocenters. The zero-order valence-corrected chi connectivity index (χ0v) is 32.7. The first-order chi connectivity index (χ1) is 28.7. The van der Waals surface area contributed by atoms with E-state index in [1.807, 2.05) is 40.9 Å². The van der Waals surface area contributed by atoms with Crippen molar-refractivity contribution in [3.05, 3.63) is 188 Å². The van der Waals surface area contributed by atoms with E-state index in [2.05, 4.69) is 170 Å². The monoisotopic (exact) mass is 773 g/mol. The van der Waals surface area contributed by atoms with Crippen molar-refractivity contribution in [1.29, 1.82) is 0 Å². The number of hydrogen-bond donors (Lipinski definition) is 0. The Morgan fingerprint density at radius 1 is 0.345 bits per heavy atom. The van der Waals surface area contributed by atoms with Gasteiger partial charge in [-0.3, -0.25) is 0 Å². The molecule has 8 aromatic carbocycles. The first kappa shape index (κ1) is 33.1. The van der Waals surface area contributed by atoms with Crippen LogP contribution in [0.4, 0.5) is 0 Å². The molecule has 0 fully saturated rings. The van der Waals surface area contributed by atoms with Crippen LogP contribution in [0, 0.1) is 0 Å². The molecule has 0 N–H and O–H groups in total. The second kappa shape index (κ2) is 13.3. The number of nitrogens with zero attached hydrogens (tertiary/aromatic N) is 3. The summed E-state index contributed by atoms with van der Waals surface area (Å²) < 4.78 is 5.10. The zero-order valence-electron chi connectivity index (χ0n) is 31.1. The van der Waals surface area contributed by atoms with Crippen molar-refractivity contribution in [3.63, 3.8) is 0 Å². The fraction of sp³-hybridized carbons (Fsp3) is 0. The molecule has 5 heteroatoms. The quantitative estimate of drug-likeness (QED) is 0.164. The summed E-state index contributed by atoms with van der Waals surface area (Å²) in [5, 5.41) is 8.78. The van der Waals surface area contributed by atoms with Gasteiger partial charge in [0.1, 0.15) is 0 Å². The van der Waals surface area contributed by atoms with Gasteiger partial charge in [-0.1, -0.05) is 158 Å². The van der Waals surface area contributed by atoms with E-state index in [4.69, 9.17) is 15.0 Å². The maximum absolute atomic E-state index is 5.37. The molecule has 3 nitrogen and oxygen atoms in total. The Bertz CT molecular complexity index is 3550. The molecule has 0 radical (unpaired) electrons. The molecule has 4 aromatic heterocycles. The van der Waals surface area contributed by atoms with Crippen molar-refractivity contribution in [1.82, 2.24) is 15.0 Å². The predicted octanol–water partition coefficient (Wildman–Crippen LogP) is 15.2. The average Bonchev–Trinajstić information content (AvgIpc) is 3.88. The molecule has 0 aliphatic rings. The van der Waals surface area contributed by atoms with Gasteiger partial charge in [-0.15, -0.1) is 22.7 Å². The molecule has 12 rings (SSSR count). The molecular formula is C53H31N3S2. The third-order valence-corrected chi connectivity index (χ3v) is 13.7. The van der Waals surface area contributed by atoms with E-state index in [-0.39, 0.29) is 0 Å². The smallest absolute Gasteiger partial charge is 0.160 e. The maximum atomic E-state index is 5.37. The highest BCUT2D eigenvalue weighted by molar-refractivity contribution is 7.26. The Kier molecular flexibility index (Phi) is 7.58. The normalized spacial score (nSPS) is 11.8. The molecule has 0 spiro atoms. The van der Waals surface area contributed by atoms with Crippen LogP contribution in [-0.4, -0.2) is 15.0 Å². The molecule has 0 saturated heterocycles. The van der Waals surface area contributed by atoms with E-state index in [1.165, 1.54) is 67.6 Å². The lowest BCUT2D eigenvalue weighted by molar-refractivity contribution is 1.18. The van der Waals surface area contributed by atoms with Crippen molar-refractivity contribution >= 4 is 84.7 Å². The highest BCUT2D eigenvalue weighted by atomic mass is 32.1. The Balaban J connectivity index is 0.961. The molecule has 0 amide bonds. The Morgan fingerprint density at radius 2 is 0.914 bits per heavy atom. The summed E-state index contributed by atoms with van der Waals surface area (Å²) in [6, 6.07) is 67.1. The average molecular weight is 774 g/mol. The summed E-state index contributed by atoms with van der Waals surface area (Å²) in [6.07, 6.45) is 0. The Labute approximate surface area is 342 Å².